The van der Waals surface area contributed by atoms with Crippen LogP contribution < -0.4 is 5.14 Å². The van der Waals surface area contributed by atoms with Gasteiger partial charge in [0, 0.05) is 14.2 Å². The highest BCUT2D eigenvalue weighted by Crippen LogP contribution is 2.17. The molecule has 2 aromatic heterocycles. The molecule has 0 saturated carbocycles. The number of hydrogen-bond donors (Lipinski definition) is 1. The van der Waals surface area contributed by atoms with Crippen molar-refractivity contribution in [2.24, 2.45) is 5.14 Å². The Labute approximate surface area is 175 Å². The van der Waals surface area contributed by atoms with Gasteiger partial charge in [-0.1, -0.05) is 30.3 Å². The highest BCUT2D eigenvalue weighted by molar-refractivity contribution is 7.84. The predicted octanol–water partition coefficient (Wildman–Crippen LogP) is 0.862. The van der Waals surface area contributed by atoms with E-state index in [9.17, 15) is 8.42 Å². The Hall–Kier alpha value is -2.44. The lowest BCUT2D eigenvalue weighted by Gasteiger charge is -2.24. The van der Waals surface area contributed by atoms with E-state index in [1.165, 1.54) is 26.1 Å². The fourth-order valence-electron chi connectivity index (χ4n) is 3.18. The molecular weight excluding hydrogens is 410 g/mol. The summed E-state index contributed by atoms with van der Waals surface area (Å²) in [5.74, 6) is 0. The van der Waals surface area contributed by atoms with E-state index in [-0.39, 0.29) is 6.61 Å². The van der Waals surface area contributed by atoms with Gasteiger partial charge >= 0.3 is 10.3 Å². The van der Waals surface area contributed by atoms with Crippen LogP contribution in [0.15, 0.2) is 43.0 Å². The highest BCUT2D eigenvalue weighted by atomic mass is 32.2. The monoisotopic (exact) mass is 435 g/mol. The van der Waals surface area contributed by atoms with Gasteiger partial charge in [-0.15, -0.1) is 0 Å². The predicted molar refractivity (Wildman–Crippen MR) is 110 cm³/mol. The van der Waals surface area contributed by atoms with E-state index in [1.807, 2.05) is 22.8 Å². The summed E-state index contributed by atoms with van der Waals surface area (Å²) in [5.41, 5.74) is 3.47. The van der Waals surface area contributed by atoms with Crippen LogP contribution >= 0.6 is 0 Å². The van der Waals surface area contributed by atoms with Gasteiger partial charge in [0.05, 0.1) is 25.2 Å². The molecule has 10 nitrogen and oxygen atoms in total. The summed E-state index contributed by atoms with van der Waals surface area (Å²) in [6, 6.07) is 10.2. The van der Waals surface area contributed by atoms with E-state index < -0.39 is 22.5 Å². The second-order valence-electron chi connectivity index (χ2n) is 6.70. The number of aryl methyl sites for hydroxylation is 2. The molecule has 0 amide bonds. The summed E-state index contributed by atoms with van der Waals surface area (Å²) >= 11 is 0. The number of fused-ring (bicyclic) bond motifs is 1. The van der Waals surface area contributed by atoms with Crippen LogP contribution in [-0.4, -0.2) is 61.0 Å². The topological polar surface area (TPSA) is 131 Å². The fraction of sp³-hybridized carbons (Fsp3) is 0.421. The van der Waals surface area contributed by atoms with E-state index in [0.717, 1.165) is 24.1 Å². The molecule has 11 heteroatoms. The SMILES string of the molecule is CO[C@@H](Cn1cnc2c(CCc3ccccc3)ncnc21)[C@@H](COS(N)(=O)=O)OC. The van der Waals surface area contributed by atoms with Crippen molar-refractivity contribution in [1.82, 2.24) is 19.5 Å². The van der Waals surface area contributed by atoms with Gasteiger partial charge in [0.25, 0.3) is 0 Å². The third kappa shape index (κ3) is 5.80. The number of methoxy groups -OCH3 is 2. The van der Waals surface area contributed by atoms with Crippen molar-refractivity contribution >= 4 is 21.5 Å². The summed E-state index contributed by atoms with van der Waals surface area (Å²) in [5, 5.41) is 4.90. The van der Waals surface area contributed by atoms with Crippen LogP contribution in [0.4, 0.5) is 0 Å². The minimum Gasteiger partial charge on any atom is -0.377 e. The molecule has 0 aliphatic carbocycles. The Balaban J connectivity index is 1.75. The lowest BCUT2D eigenvalue weighted by atomic mass is 10.1. The van der Waals surface area contributed by atoms with Crippen LogP contribution in [0.5, 0.6) is 0 Å². The molecule has 2 heterocycles. The van der Waals surface area contributed by atoms with Crippen LogP contribution in [0.2, 0.25) is 0 Å². The Kier molecular flexibility index (Phi) is 7.45. The Bertz CT molecular complexity index is 1060. The molecule has 0 radical (unpaired) electrons. The van der Waals surface area contributed by atoms with Crippen molar-refractivity contribution < 1.29 is 22.1 Å². The highest BCUT2D eigenvalue weighted by Gasteiger charge is 2.25. The van der Waals surface area contributed by atoms with Gasteiger partial charge in [0.2, 0.25) is 0 Å². The first-order valence-electron chi connectivity index (χ1n) is 9.32. The summed E-state index contributed by atoms with van der Waals surface area (Å²) in [6.45, 7) is 0.0619. The second-order valence-corrected chi connectivity index (χ2v) is 7.92. The van der Waals surface area contributed by atoms with E-state index in [1.54, 1.807) is 6.33 Å². The largest absolute Gasteiger partial charge is 0.377 e. The first kappa shape index (κ1) is 22.2. The average Bonchev–Trinajstić information content (AvgIpc) is 3.15. The molecule has 0 unspecified atom stereocenters. The Morgan fingerprint density at radius 3 is 2.43 bits per heavy atom. The molecule has 30 heavy (non-hydrogen) atoms. The standard InChI is InChI=1S/C19H25N5O5S/c1-27-16(17(28-2)11-29-30(20,25)26)10-24-13-23-18-15(21-12-22-19(18)24)9-8-14-6-4-3-5-7-14/h3-7,12-13,16-17H,8-11H2,1-2H3,(H2,20,25,26)/t16-,17+/m0/s1. The van der Waals surface area contributed by atoms with Crippen molar-refractivity contribution in [3.05, 3.63) is 54.2 Å². The van der Waals surface area contributed by atoms with Crippen molar-refractivity contribution in [1.29, 1.82) is 0 Å². The summed E-state index contributed by atoms with van der Waals surface area (Å²) in [6.07, 6.45) is 3.57. The van der Waals surface area contributed by atoms with Crippen molar-refractivity contribution in [3.63, 3.8) is 0 Å². The molecule has 2 N–H and O–H groups in total. The molecule has 0 saturated heterocycles. The normalized spacial score (nSPS) is 14.1. The summed E-state index contributed by atoms with van der Waals surface area (Å²) in [4.78, 5) is 13.2. The number of ether oxygens (including phenoxy) is 2. The minimum absolute atomic E-state index is 0.266. The third-order valence-electron chi connectivity index (χ3n) is 4.76. The first-order chi connectivity index (χ1) is 14.4. The van der Waals surface area contributed by atoms with Crippen LogP contribution in [-0.2, 0) is 43.3 Å². The first-order valence-corrected chi connectivity index (χ1v) is 10.8. The van der Waals surface area contributed by atoms with Crippen LogP contribution in [0.3, 0.4) is 0 Å². The van der Waals surface area contributed by atoms with E-state index in [2.05, 4.69) is 31.3 Å². The van der Waals surface area contributed by atoms with Crippen molar-refractivity contribution in [2.45, 2.75) is 31.6 Å². The van der Waals surface area contributed by atoms with Gasteiger partial charge in [0.15, 0.2) is 5.65 Å². The fourth-order valence-corrected chi connectivity index (χ4v) is 3.50. The second kappa shape index (κ2) is 10.0. The van der Waals surface area contributed by atoms with Crippen LogP contribution in [0.1, 0.15) is 11.3 Å². The molecule has 0 aliphatic heterocycles. The van der Waals surface area contributed by atoms with E-state index in [4.69, 9.17) is 14.6 Å². The summed E-state index contributed by atoms with van der Waals surface area (Å²) in [7, 11) is -1.13. The molecule has 162 valence electrons. The number of rotatable bonds is 11. The molecule has 0 spiro atoms. The molecule has 2 atom stereocenters. The Morgan fingerprint density at radius 1 is 1.03 bits per heavy atom. The lowest BCUT2D eigenvalue weighted by Crippen LogP contribution is -2.38. The van der Waals surface area contributed by atoms with Gasteiger partial charge in [-0.25, -0.2) is 20.1 Å². The molecule has 3 rings (SSSR count). The third-order valence-corrected chi connectivity index (χ3v) is 5.23. The average molecular weight is 436 g/mol. The molecule has 1 aromatic carbocycles. The number of aromatic nitrogens is 4. The quantitative estimate of drug-likeness (QED) is 0.469. The smallest absolute Gasteiger partial charge is 0.333 e. The molecule has 3 aromatic rings. The van der Waals surface area contributed by atoms with E-state index >= 15 is 0 Å². The maximum absolute atomic E-state index is 11.1. The zero-order chi connectivity index (χ0) is 21.6. The minimum atomic E-state index is -4.08. The maximum atomic E-state index is 11.1. The van der Waals surface area contributed by atoms with Gasteiger partial charge in [-0.3, -0.25) is 4.18 Å². The van der Waals surface area contributed by atoms with Crippen molar-refractivity contribution in [2.75, 3.05) is 20.8 Å². The van der Waals surface area contributed by atoms with Crippen LogP contribution in [0, 0.1) is 0 Å². The number of hydrogen-bond acceptors (Lipinski definition) is 8. The molecule has 0 bridgehead atoms. The van der Waals surface area contributed by atoms with Crippen molar-refractivity contribution in [3.8, 4) is 0 Å². The summed E-state index contributed by atoms with van der Waals surface area (Å²) < 4.78 is 39.5. The van der Waals surface area contributed by atoms with E-state index in [0.29, 0.717) is 12.2 Å². The number of imidazole rings is 1. The number of benzene rings is 1. The van der Waals surface area contributed by atoms with Crippen LogP contribution in [0.25, 0.3) is 11.2 Å². The number of nitrogens with zero attached hydrogens (tertiary/aromatic N) is 4. The van der Waals surface area contributed by atoms with Gasteiger partial charge in [0.1, 0.15) is 24.1 Å². The number of nitrogens with two attached hydrogens (primary N) is 1. The van der Waals surface area contributed by atoms with Gasteiger partial charge in [-0.05, 0) is 18.4 Å². The zero-order valence-corrected chi connectivity index (χ0v) is 17.7. The lowest BCUT2D eigenvalue weighted by molar-refractivity contribution is -0.0603. The molecular formula is C19H25N5O5S. The maximum Gasteiger partial charge on any atom is 0.333 e. The molecule has 0 aliphatic rings. The van der Waals surface area contributed by atoms with Gasteiger partial charge < -0.3 is 14.0 Å². The Morgan fingerprint density at radius 2 is 1.77 bits per heavy atom. The zero-order valence-electron chi connectivity index (χ0n) is 16.8. The molecule has 0 fully saturated rings. The van der Waals surface area contributed by atoms with Gasteiger partial charge in [-0.2, -0.15) is 8.42 Å².